The van der Waals surface area contributed by atoms with Gasteiger partial charge in [0.2, 0.25) is 5.91 Å². The highest BCUT2D eigenvalue weighted by Crippen LogP contribution is 2.30. The standard InChI is InChI=1S/C17H18ClN3O/c1-12(22)21-7-3-6-17(21)16-11-19-10-15(20-16)9-13-4-2-5-14(18)8-13/h2,4-5,8,10-11,17H,3,6-7,9H2,1H3/t17-/m1/s1. The van der Waals surface area contributed by atoms with Gasteiger partial charge in [-0.3, -0.25) is 14.8 Å². The van der Waals surface area contributed by atoms with Crippen molar-refractivity contribution in [3.63, 3.8) is 0 Å². The third-order valence-electron chi connectivity index (χ3n) is 3.98. The lowest BCUT2D eigenvalue weighted by atomic mass is 10.1. The number of carbonyl (C=O) groups excluding carboxylic acids is 1. The summed E-state index contributed by atoms with van der Waals surface area (Å²) in [6.07, 6.45) is 6.21. The third-order valence-corrected chi connectivity index (χ3v) is 4.21. The molecule has 0 aliphatic carbocycles. The zero-order chi connectivity index (χ0) is 15.5. The zero-order valence-corrected chi connectivity index (χ0v) is 13.3. The van der Waals surface area contributed by atoms with E-state index in [1.807, 2.05) is 29.2 Å². The van der Waals surface area contributed by atoms with Crippen molar-refractivity contribution in [2.45, 2.75) is 32.2 Å². The number of nitrogens with zero attached hydrogens (tertiary/aromatic N) is 3. The summed E-state index contributed by atoms with van der Waals surface area (Å²) in [6.45, 7) is 2.42. The second-order valence-corrected chi connectivity index (χ2v) is 6.05. The predicted octanol–water partition coefficient (Wildman–Crippen LogP) is 3.40. The maximum Gasteiger partial charge on any atom is 0.220 e. The first-order chi connectivity index (χ1) is 10.6. The molecule has 1 aromatic carbocycles. The molecule has 5 heteroatoms. The Kier molecular flexibility index (Phi) is 4.39. The molecule has 22 heavy (non-hydrogen) atoms. The minimum absolute atomic E-state index is 0.0595. The van der Waals surface area contributed by atoms with Crippen molar-refractivity contribution >= 4 is 17.5 Å². The van der Waals surface area contributed by atoms with Gasteiger partial charge in [-0.05, 0) is 30.5 Å². The smallest absolute Gasteiger partial charge is 0.220 e. The highest BCUT2D eigenvalue weighted by molar-refractivity contribution is 6.30. The minimum atomic E-state index is 0.0595. The van der Waals surface area contributed by atoms with Crippen molar-refractivity contribution in [3.05, 3.63) is 58.6 Å². The van der Waals surface area contributed by atoms with Crippen LogP contribution in [0.15, 0.2) is 36.7 Å². The molecule has 4 nitrogen and oxygen atoms in total. The summed E-state index contributed by atoms with van der Waals surface area (Å²) in [4.78, 5) is 22.6. The molecule has 1 aliphatic heterocycles. The number of halogens is 1. The number of amides is 1. The first kappa shape index (κ1) is 15.0. The number of rotatable bonds is 3. The van der Waals surface area contributed by atoms with Gasteiger partial charge in [-0.25, -0.2) is 0 Å². The maximum absolute atomic E-state index is 11.7. The molecule has 1 amide bonds. The van der Waals surface area contributed by atoms with E-state index < -0.39 is 0 Å². The number of benzene rings is 1. The van der Waals surface area contributed by atoms with Crippen molar-refractivity contribution < 1.29 is 4.79 Å². The molecule has 1 fully saturated rings. The lowest BCUT2D eigenvalue weighted by Gasteiger charge is -2.22. The summed E-state index contributed by atoms with van der Waals surface area (Å²) in [5, 5.41) is 0.722. The molecule has 1 atom stereocenters. The van der Waals surface area contributed by atoms with Gasteiger partial charge in [0, 0.05) is 31.1 Å². The van der Waals surface area contributed by atoms with E-state index in [2.05, 4.69) is 4.98 Å². The molecular weight excluding hydrogens is 298 g/mol. The van der Waals surface area contributed by atoms with Crippen LogP contribution in [0.4, 0.5) is 0 Å². The average Bonchev–Trinajstić information content (AvgIpc) is 2.97. The Morgan fingerprint density at radius 3 is 3.05 bits per heavy atom. The number of hydrogen-bond donors (Lipinski definition) is 0. The van der Waals surface area contributed by atoms with E-state index in [1.165, 1.54) is 0 Å². The molecule has 3 rings (SSSR count). The van der Waals surface area contributed by atoms with Crippen molar-refractivity contribution in [2.75, 3.05) is 6.54 Å². The van der Waals surface area contributed by atoms with Crippen molar-refractivity contribution in [1.29, 1.82) is 0 Å². The van der Waals surface area contributed by atoms with Crippen molar-refractivity contribution in [2.24, 2.45) is 0 Å². The van der Waals surface area contributed by atoms with Crippen molar-refractivity contribution in [1.82, 2.24) is 14.9 Å². The number of likely N-dealkylation sites (tertiary alicyclic amines) is 1. The predicted molar refractivity (Wildman–Crippen MR) is 85.7 cm³/mol. The van der Waals surface area contributed by atoms with Crippen LogP contribution < -0.4 is 0 Å². The van der Waals surface area contributed by atoms with Gasteiger partial charge in [-0.15, -0.1) is 0 Å². The summed E-state index contributed by atoms with van der Waals surface area (Å²) in [5.74, 6) is 0.101. The minimum Gasteiger partial charge on any atom is -0.334 e. The summed E-state index contributed by atoms with van der Waals surface area (Å²) < 4.78 is 0. The van der Waals surface area contributed by atoms with Crippen LogP contribution in [0.3, 0.4) is 0 Å². The molecule has 2 heterocycles. The first-order valence-electron chi connectivity index (χ1n) is 7.46. The van der Waals surface area contributed by atoms with Crippen LogP contribution in [0.1, 0.15) is 42.8 Å². The summed E-state index contributed by atoms with van der Waals surface area (Å²) in [6, 6.07) is 7.81. The second-order valence-electron chi connectivity index (χ2n) is 5.61. The van der Waals surface area contributed by atoms with Gasteiger partial charge in [0.05, 0.1) is 23.6 Å². The van der Waals surface area contributed by atoms with Gasteiger partial charge in [-0.1, -0.05) is 23.7 Å². The monoisotopic (exact) mass is 315 g/mol. The highest BCUT2D eigenvalue weighted by Gasteiger charge is 2.29. The Hall–Kier alpha value is -1.94. The quantitative estimate of drug-likeness (QED) is 0.872. The Bertz CT molecular complexity index is 689. The van der Waals surface area contributed by atoms with E-state index in [0.717, 1.165) is 41.4 Å². The molecule has 0 unspecified atom stereocenters. The van der Waals surface area contributed by atoms with Crippen LogP contribution in [-0.2, 0) is 11.2 Å². The molecule has 0 spiro atoms. The summed E-state index contributed by atoms with van der Waals surface area (Å²) in [7, 11) is 0. The van der Waals surface area contributed by atoms with Gasteiger partial charge in [0.1, 0.15) is 0 Å². The maximum atomic E-state index is 11.7. The molecule has 0 radical (unpaired) electrons. The van der Waals surface area contributed by atoms with E-state index in [-0.39, 0.29) is 11.9 Å². The Labute approximate surface area is 135 Å². The zero-order valence-electron chi connectivity index (χ0n) is 12.5. The number of hydrogen-bond acceptors (Lipinski definition) is 3. The topological polar surface area (TPSA) is 46.1 Å². The molecule has 0 saturated carbocycles. The van der Waals surface area contributed by atoms with Gasteiger partial charge in [0.25, 0.3) is 0 Å². The van der Waals surface area contributed by atoms with Crippen LogP contribution >= 0.6 is 11.6 Å². The van der Waals surface area contributed by atoms with Crippen LogP contribution in [0.2, 0.25) is 5.02 Å². The molecule has 1 aromatic heterocycles. The number of aromatic nitrogens is 2. The van der Waals surface area contributed by atoms with Gasteiger partial charge in [-0.2, -0.15) is 0 Å². The average molecular weight is 316 g/mol. The largest absolute Gasteiger partial charge is 0.334 e. The Balaban J connectivity index is 1.82. The van der Waals surface area contributed by atoms with E-state index in [4.69, 9.17) is 16.6 Å². The highest BCUT2D eigenvalue weighted by atomic mass is 35.5. The van der Waals surface area contributed by atoms with Gasteiger partial charge in [0.15, 0.2) is 0 Å². The van der Waals surface area contributed by atoms with E-state index >= 15 is 0 Å². The van der Waals surface area contributed by atoms with Crippen LogP contribution in [-0.4, -0.2) is 27.3 Å². The number of carbonyl (C=O) groups is 1. The van der Waals surface area contributed by atoms with E-state index in [0.29, 0.717) is 6.42 Å². The molecule has 114 valence electrons. The molecule has 0 bridgehead atoms. The van der Waals surface area contributed by atoms with Crippen molar-refractivity contribution in [3.8, 4) is 0 Å². The SMILES string of the molecule is CC(=O)N1CCC[C@@H]1c1cncc(Cc2cccc(Cl)c2)n1. The van der Waals surface area contributed by atoms with E-state index in [9.17, 15) is 4.79 Å². The summed E-state index contributed by atoms with van der Waals surface area (Å²) >= 11 is 6.02. The summed E-state index contributed by atoms with van der Waals surface area (Å²) in [5.41, 5.74) is 2.89. The third kappa shape index (κ3) is 3.28. The van der Waals surface area contributed by atoms with Crippen LogP contribution in [0.5, 0.6) is 0 Å². The Morgan fingerprint density at radius 1 is 1.41 bits per heavy atom. The fraction of sp³-hybridized carbons (Fsp3) is 0.353. The Morgan fingerprint density at radius 2 is 2.27 bits per heavy atom. The lowest BCUT2D eigenvalue weighted by Crippen LogP contribution is -2.28. The van der Waals surface area contributed by atoms with Gasteiger partial charge < -0.3 is 4.90 Å². The second kappa shape index (κ2) is 6.44. The molecule has 2 aromatic rings. The molecular formula is C17H18ClN3O. The fourth-order valence-electron chi connectivity index (χ4n) is 2.98. The van der Waals surface area contributed by atoms with E-state index in [1.54, 1.807) is 19.3 Å². The molecule has 1 saturated heterocycles. The van der Waals surface area contributed by atoms with Crippen LogP contribution in [0.25, 0.3) is 0 Å². The molecule has 0 N–H and O–H groups in total. The normalized spacial score (nSPS) is 17.7. The van der Waals surface area contributed by atoms with Gasteiger partial charge >= 0.3 is 0 Å². The lowest BCUT2D eigenvalue weighted by molar-refractivity contribution is -0.129. The van der Waals surface area contributed by atoms with Crippen LogP contribution in [0, 0.1) is 0 Å². The molecule has 1 aliphatic rings. The first-order valence-corrected chi connectivity index (χ1v) is 7.84. The fourth-order valence-corrected chi connectivity index (χ4v) is 3.19.